The zero-order valence-electron chi connectivity index (χ0n) is 24.4. The van der Waals surface area contributed by atoms with E-state index in [4.69, 9.17) is 4.74 Å². The number of hydrogen-bond donors (Lipinski definition) is 3. The van der Waals surface area contributed by atoms with E-state index in [1.54, 1.807) is 24.8 Å². The fraction of sp³-hybridized carbons (Fsp3) is 0.212. The van der Waals surface area contributed by atoms with Crippen LogP contribution in [0.25, 0.3) is 55.4 Å². The largest absolute Gasteiger partial charge is 0.492 e. The van der Waals surface area contributed by atoms with Crippen LogP contribution in [0.1, 0.15) is 13.8 Å². The van der Waals surface area contributed by atoms with Gasteiger partial charge >= 0.3 is 0 Å². The molecule has 2 aromatic carbocycles. The van der Waals surface area contributed by atoms with Gasteiger partial charge in [0.2, 0.25) is 5.91 Å². The van der Waals surface area contributed by atoms with Crippen molar-refractivity contribution in [3.05, 3.63) is 79.1 Å². The highest BCUT2D eigenvalue weighted by Crippen LogP contribution is 2.36. The van der Waals surface area contributed by atoms with Gasteiger partial charge in [-0.2, -0.15) is 5.10 Å². The number of likely N-dealkylation sites (N-methyl/N-ethyl adjacent to an activating group) is 1. The van der Waals surface area contributed by atoms with E-state index in [9.17, 15) is 9.18 Å². The molecule has 0 saturated carbocycles. The van der Waals surface area contributed by atoms with Crippen molar-refractivity contribution in [1.29, 1.82) is 0 Å². The lowest BCUT2D eigenvalue weighted by Gasteiger charge is -2.12. The van der Waals surface area contributed by atoms with Crippen molar-refractivity contribution in [2.24, 2.45) is 5.92 Å². The number of halogens is 1. The number of benzene rings is 2. The summed E-state index contributed by atoms with van der Waals surface area (Å²) in [6, 6.07) is 14.7. The van der Waals surface area contributed by atoms with Gasteiger partial charge in [0.05, 0.1) is 34.8 Å². The second kappa shape index (κ2) is 11.7. The van der Waals surface area contributed by atoms with Crippen molar-refractivity contribution < 1.29 is 13.9 Å². The molecule has 0 saturated heterocycles. The molecule has 0 unspecified atom stereocenters. The summed E-state index contributed by atoms with van der Waals surface area (Å²) < 4.78 is 20.5. The third-order valence-corrected chi connectivity index (χ3v) is 7.22. The lowest BCUT2D eigenvalue weighted by atomic mass is 10.0. The normalized spacial score (nSPS) is 11.6. The standard InChI is InChI=1S/C33H32FN7O2/c1-19(2)33(42)37-24-10-22(15-35-16-24)20-5-6-29-27(12-20)32(40-39-29)30-14-26-28(17-36-18-31(26)38-30)21-9-23(34)13-25(11-21)43-8-7-41(3)4/h5-6,9-19,38H,7-8H2,1-4H3,(H,37,42)(H,39,40). The van der Waals surface area contributed by atoms with Crippen LogP contribution in [0, 0.1) is 11.7 Å². The third kappa shape index (κ3) is 5.96. The van der Waals surface area contributed by atoms with Gasteiger partial charge in [-0.1, -0.05) is 19.9 Å². The predicted octanol–water partition coefficient (Wildman–Crippen LogP) is 6.51. The third-order valence-electron chi connectivity index (χ3n) is 7.22. The maximum Gasteiger partial charge on any atom is 0.226 e. The summed E-state index contributed by atoms with van der Waals surface area (Å²) in [5, 5.41) is 12.5. The van der Waals surface area contributed by atoms with Crippen LogP contribution in [0.5, 0.6) is 5.75 Å². The van der Waals surface area contributed by atoms with Gasteiger partial charge < -0.3 is 19.9 Å². The Morgan fingerprint density at radius 1 is 0.930 bits per heavy atom. The van der Waals surface area contributed by atoms with E-state index in [1.165, 1.54) is 12.1 Å². The molecule has 0 fully saturated rings. The molecule has 0 aliphatic rings. The monoisotopic (exact) mass is 577 g/mol. The first-order chi connectivity index (χ1) is 20.7. The number of anilines is 1. The number of nitrogens with one attached hydrogen (secondary N) is 3. The van der Waals surface area contributed by atoms with Crippen molar-refractivity contribution >= 4 is 33.4 Å². The quantitative estimate of drug-likeness (QED) is 0.181. The van der Waals surface area contributed by atoms with Crippen molar-refractivity contribution in [3.8, 4) is 39.4 Å². The van der Waals surface area contributed by atoms with Gasteiger partial charge in [-0.15, -0.1) is 0 Å². The molecule has 0 spiro atoms. The van der Waals surface area contributed by atoms with Crippen molar-refractivity contribution in [3.63, 3.8) is 0 Å². The maximum absolute atomic E-state index is 14.6. The average Bonchev–Trinajstić information content (AvgIpc) is 3.60. The zero-order valence-corrected chi connectivity index (χ0v) is 24.4. The zero-order chi connectivity index (χ0) is 30.1. The van der Waals surface area contributed by atoms with Crippen LogP contribution in [0.2, 0.25) is 0 Å². The van der Waals surface area contributed by atoms with Crippen molar-refractivity contribution in [1.82, 2.24) is 30.0 Å². The number of carbonyl (C=O) groups is 1. The Kier molecular flexibility index (Phi) is 7.60. The molecule has 0 radical (unpaired) electrons. The van der Waals surface area contributed by atoms with E-state index in [0.29, 0.717) is 23.6 Å². The van der Waals surface area contributed by atoms with E-state index < -0.39 is 0 Å². The van der Waals surface area contributed by atoms with E-state index >= 15 is 0 Å². The molecule has 10 heteroatoms. The molecule has 6 aromatic rings. The molecule has 0 aliphatic carbocycles. The van der Waals surface area contributed by atoms with Gasteiger partial charge in [0.15, 0.2) is 0 Å². The number of pyridine rings is 2. The molecule has 6 rings (SSSR count). The molecule has 0 bridgehead atoms. The van der Waals surface area contributed by atoms with Gasteiger partial charge in [-0.25, -0.2) is 4.39 Å². The number of H-pyrrole nitrogens is 2. The molecule has 218 valence electrons. The Labute approximate surface area is 248 Å². The van der Waals surface area contributed by atoms with Crippen LogP contribution in [0.4, 0.5) is 10.1 Å². The number of carbonyl (C=O) groups excluding carboxylic acids is 1. The minimum absolute atomic E-state index is 0.0643. The lowest BCUT2D eigenvalue weighted by Crippen LogP contribution is -2.19. The highest BCUT2D eigenvalue weighted by molar-refractivity contribution is 6.01. The molecule has 3 N–H and O–H groups in total. The first-order valence-electron chi connectivity index (χ1n) is 14.0. The summed E-state index contributed by atoms with van der Waals surface area (Å²) in [6.45, 7) is 4.87. The predicted molar refractivity (Wildman–Crippen MR) is 167 cm³/mol. The number of hydrogen-bond acceptors (Lipinski definition) is 6. The minimum Gasteiger partial charge on any atom is -0.492 e. The summed E-state index contributed by atoms with van der Waals surface area (Å²) in [7, 11) is 3.92. The lowest BCUT2D eigenvalue weighted by molar-refractivity contribution is -0.118. The van der Waals surface area contributed by atoms with Gasteiger partial charge in [0.25, 0.3) is 0 Å². The Morgan fingerprint density at radius 2 is 1.77 bits per heavy atom. The van der Waals surface area contributed by atoms with Crippen molar-refractivity contribution in [2.45, 2.75) is 13.8 Å². The van der Waals surface area contributed by atoms with E-state index in [0.717, 1.165) is 56.4 Å². The van der Waals surface area contributed by atoms with E-state index in [-0.39, 0.29) is 17.6 Å². The molecule has 0 atom stereocenters. The Balaban J connectivity index is 1.36. The number of fused-ring (bicyclic) bond motifs is 2. The second-order valence-corrected chi connectivity index (χ2v) is 11.1. The fourth-order valence-corrected chi connectivity index (χ4v) is 4.91. The molecule has 9 nitrogen and oxygen atoms in total. The number of aromatic nitrogens is 5. The number of amides is 1. The van der Waals surface area contributed by atoms with E-state index in [2.05, 4.69) is 30.5 Å². The molecular weight excluding hydrogens is 545 g/mol. The van der Waals surface area contributed by atoms with Crippen LogP contribution in [0.3, 0.4) is 0 Å². The smallest absolute Gasteiger partial charge is 0.226 e. The maximum atomic E-state index is 14.6. The van der Waals surface area contributed by atoms with Gasteiger partial charge in [0, 0.05) is 52.8 Å². The van der Waals surface area contributed by atoms with Crippen LogP contribution in [-0.4, -0.2) is 63.2 Å². The first-order valence-corrected chi connectivity index (χ1v) is 14.0. The summed E-state index contributed by atoms with van der Waals surface area (Å²) in [5.74, 6) is -0.105. The summed E-state index contributed by atoms with van der Waals surface area (Å²) in [4.78, 5) is 26.4. The Hall–Kier alpha value is -5.09. The highest BCUT2D eigenvalue weighted by Gasteiger charge is 2.16. The Morgan fingerprint density at radius 3 is 2.58 bits per heavy atom. The second-order valence-electron chi connectivity index (χ2n) is 11.1. The molecule has 1 amide bonds. The number of aromatic amines is 2. The van der Waals surface area contributed by atoms with Crippen LogP contribution >= 0.6 is 0 Å². The fourth-order valence-electron chi connectivity index (χ4n) is 4.91. The molecule has 4 heterocycles. The molecule has 43 heavy (non-hydrogen) atoms. The van der Waals surface area contributed by atoms with Crippen LogP contribution < -0.4 is 10.1 Å². The SMILES string of the molecule is CC(C)C(=O)Nc1cncc(-c2ccc3[nH]nc(-c4cc5c(-c6cc(F)cc(OCCN(C)C)c6)cncc5[nH]4)c3c2)c1. The molecule has 0 aliphatic heterocycles. The van der Waals surface area contributed by atoms with E-state index in [1.807, 2.05) is 69.2 Å². The topological polar surface area (TPSA) is 112 Å². The van der Waals surface area contributed by atoms with Gasteiger partial charge in [-0.05, 0) is 61.6 Å². The number of nitrogens with zero attached hydrogens (tertiary/aromatic N) is 4. The summed E-state index contributed by atoms with van der Waals surface area (Å²) in [5.41, 5.74) is 7.11. The van der Waals surface area contributed by atoms with Gasteiger partial charge in [-0.3, -0.25) is 19.9 Å². The summed E-state index contributed by atoms with van der Waals surface area (Å²) >= 11 is 0. The Bertz CT molecular complexity index is 1940. The van der Waals surface area contributed by atoms with Crippen molar-refractivity contribution in [2.75, 3.05) is 32.6 Å². The number of ether oxygens (including phenoxy) is 1. The summed E-state index contributed by atoms with van der Waals surface area (Å²) in [6.07, 6.45) is 6.89. The van der Waals surface area contributed by atoms with Gasteiger partial charge in [0.1, 0.15) is 23.9 Å². The molecule has 4 aromatic heterocycles. The average molecular weight is 578 g/mol. The molecular formula is C33H32FN7O2. The first kappa shape index (κ1) is 28.0. The van der Waals surface area contributed by atoms with Crippen LogP contribution in [-0.2, 0) is 4.79 Å². The van der Waals surface area contributed by atoms with Crippen LogP contribution in [0.15, 0.2) is 73.3 Å². The number of rotatable bonds is 9. The minimum atomic E-state index is -0.377. The highest BCUT2D eigenvalue weighted by atomic mass is 19.1.